The highest BCUT2D eigenvalue weighted by atomic mass is 35.5. The molecule has 0 spiro atoms. The highest BCUT2D eigenvalue weighted by Gasteiger charge is 2.23. The minimum atomic E-state index is 0.0180. The van der Waals surface area contributed by atoms with E-state index in [1.165, 1.54) is 19.3 Å². The lowest BCUT2D eigenvalue weighted by Crippen LogP contribution is -2.49. The number of ether oxygens (including phenoxy) is 1. The van der Waals surface area contributed by atoms with Crippen molar-refractivity contribution in [3.05, 3.63) is 47.0 Å². The third-order valence-corrected chi connectivity index (χ3v) is 5.66. The zero-order valence-electron chi connectivity index (χ0n) is 15.9. The third-order valence-electron chi connectivity index (χ3n) is 5.43. The van der Waals surface area contributed by atoms with E-state index in [0.29, 0.717) is 29.6 Å². The molecule has 6 nitrogen and oxygen atoms in total. The fraction of sp³-hybridized carbons (Fsp3) is 0.476. The average Bonchev–Trinajstić information content (AvgIpc) is 2.75. The van der Waals surface area contributed by atoms with Crippen molar-refractivity contribution in [3.8, 4) is 5.88 Å². The van der Waals surface area contributed by atoms with E-state index in [4.69, 9.17) is 16.3 Å². The summed E-state index contributed by atoms with van der Waals surface area (Å²) in [5.41, 5.74) is 0.630. The van der Waals surface area contributed by atoms with Crippen LogP contribution in [0.3, 0.4) is 0 Å². The summed E-state index contributed by atoms with van der Waals surface area (Å²) in [7, 11) is 0. The predicted octanol–water partition coefficient (Wildman–Crippen LogP) is 3.80. The predicted molar refractivity (Wildman–Crippen MR) is 109 cm³/mol. The van der Waals surface area contributed by atoms with Gasteiger partial charge in [-0.3, -0.25) is 4.79 Å². The summed E-state index contributed by atoms with van der Waals surface area (Å²) >= 11 is 6.00. The minimum absolute atomic E-state index is 0.0180. The average molecular weight is 401 g/mol. The highest BCUT2D eigenvalue weighted by Crippen LogP contribution is 2.23. The molecule has 0 unspecified atom stereocenters. The molecule has 1 aliphatic carbocycles. The standard InChI is InChI=1S/C21H25ClN4O2/c22-17-6-4-5-16(15-17)21(27)26-13-11-25(12-14-26)19-9-10-20(24-23-19)28-18-7-2-1-3-8-18/h4-6,9-10,15,18H,1-3,7-8,11-14H2. The van der Waals surface area contributed by atoms with Crippen molar-refractivity contribution in [1.29, 1.82) is 0 Å². The Bertz CT molecular complexity index is 800. The molecule has 2 aromatic rings. The minimum Gasteiger partial charge on any atom is -0.473 e. The Morgan fingerprint density at radius 2 is 1.79 bits per heavy atom. The van der Waals surface area contributed by atoms with E-state index in [0.717, 1.165) is 31.7 Å². The second kappa shape index (κ2) is 8.78. The Morgan fingerprint density at radius 3 is 2.46 bits per heavy atom. The number of rotatable bonds is 4. The monoisotopic (exact) mass is 400 g/mol. The van der Waals surface area contributed by atoms with Gasteiger partial charge in [0.15, 0.2) is 5.82 Å². The summed E-state index contributed by atoms with van der Waals surface area (Å²) in [5, 5.41) is 9.17. The lowest BCUT2D eigenvalue weighted by Gasteiger charge is -2.35. The summed E-state index contributed by atoms with van der Waals surface area (Å²) in [5.74, 6) is 1.45. The van der Waals surface area contributed by atoms with Gasteiger partial charge in [-0.25, -0.2) is 0 Å². The van der Waals surface area contributed by atoms with Gasteiger partial charge in [-0.05, 0) is 49.9 Å². The van der Waals surface area contributed by atoms with E-state index in [9.17, 15) is 4.79 Å². The fourth-order valence-corrected chi connectivity index (χ4v) is 4.03. The second-order valence-corrected chi connectivity index (χ2v) is 7.83. The Labute approximate surface area is 170 Å². The summed E-state index contributed by atoms with van der Waals surface area (Å²) in [6, 6.07) is 11.0. The van der Waals surface area contributed by atoms with Crippen LogP contribution in [-0.4, -0.2) is 53.3 Å². The van der Waals surface area contributed by atoms with Crippen LogP contribution in [-0.2, 0) is 0 Å². The Morgan fingerprint density at radius 1 is 1.00 bits per heavy atom. The molecule has 2 heterocycles. The van der Waals surface area contributed by atoms with Gasteiger partial charge in [-0.1, -0.05) is 24.1 Å². The van der Waals surface area contributed by atoms with Gasteiger partial charge in [0, 0.05) is 42.8 Å². The molecule has 1 saturated heterocycles. The third kappa shape index (κ3) is 4.55. The zero-order chi connectivity index (χ0) is 19.3. The van der Waals surface area contributed by atoms with Crippen molar-refractivity contribution < 1.29 is 9.53 Å². The summed E-state index contributed by atoms with van der Waals surface area (Å²) in [4.78, 5) is 16.6. The van der Waals surface area contributed by atoms with Crippen molar-refractivity contribution in [3.63, 3.8) is 0 Å². The number of aromatic nitrogens is 2. The maximum atomic E-state index is 12.6. The van der Waals surface area contributed by atoms with Gasteiger partial charge in [-0.15, -0.1) is 10.2 Å². The number of hydrogen-bond acceptors (Lipinski definition) is 5. The van der Waals surface area contributed by atoms with Crippen LogP contribution in [0.1, 0.15) is 42.5 Å². The van der Waals surface area contributed by atoms with Crippen LogP contribution in [0.15, 0.2) is 36.4 Å². The van der Waals surface area contributed by atoms with Crippen molar-refractivity contribution >= 4 is 23.3 Å². The first-order chi connectivity index (χ1) is 13.7. The van der Waals surface area contributed by atoms with Crippen molar-refractivity contribution in [2.75, 3.05) is 31.1 Å². The first-order valence-electron chi connectivity index (χ1n) is 9.99. The lowest BCUT2D eigenvalue weighted by atomic mass is 9.98. The molecule has 1 aliphatic heterocycles. The summed E-state index contributed by atoms with van der Waals surface area (Å²) < 4.78 is 5.95. The molecule has 2 fully saturated rings. The molecule has 0 N–H and O–H groups in total. The van der Waals surface area contributed by atoms with Gasteiger partial charge in [0.05, 0.1) is 0 Å². The highest BCUT2D eigenvalue weighted by molar-refractivity contribution is 6.30. The molecule has 1 saturated carbocycles. The lowest BCUT2D eigenvalue weighted by molar-refractivity contribution is 0.0746. The number of halogens is 1. The molecule has 0 radical (unpaired) electrons. The van der Waals surface area contributed by atoms with Gasteiger partial charge in [0.1, 0.15) is 6.10 Å². The topological polar surface area (TPSA) is 58.6 Å². The van der Waals surface area contributed by atoms with Gasteiger partial charge in [0.2, 0.25) is 5.88 Å². The SMILES string of the molecule is O=C(c1cccc(Cl)c1)N1CCN(c2ccc(OC3CCCCC3)nn2)CC1. The second-order valence-electron chi connectivity index (χ2n) is 7.40. The van der Waals surface area contributed by atoms with E-state index in [1.807, 2.05) is 17.0 Å². The van der Waals surface area contributed by atoms with E-state index >= 15 is 0 Å². The van der Waals surface area contributed by atoms with Crippen LogP contribution in [0.2, 0.25) is 5.02 Å². The molecule has 7 heteroatoms. The van der Waals surface area contributed by atoms with Crippen molar-refractivity contribution in [1.82, 2.24) is 15.1 Å². The number of benzene rings is 1. The van der Waals surface area contributed by atoms with Crippen LogP contribution in [0.25, 0.3) is 0 Å². The first-order valence-corrected chi connectivity index (χ1v) is 10.4. The maximum Gasteiger partial charge on any atom is 0.254 e. The van der Waals surface area contributed by atoms with E-state index in [1.54, 1.807) is 24.3 Å². The largest absolute Gasteiger partial charge is 0.473 e. The van der Waals surface area contributed by atoms with Gasteiger partial charge >= 0.3 is 0 Å². The Hall–Kier alpha value is -2.34. The van der Waals surface area contributed by atoms with Gasteiger partial charge < -0.3 is 14.5 Å². The molecule has 0 atom stereocenters. The molecule has 1 amide bonds. The van der Waals surface area contributed by atoms with E-state index in [2.05, 4.69) is 15.1 Å². The maximum absolute atomic E-state index is 12.6. The van der Waals surface area contributed by atoms with Crippen LogP contribution in [0, 0.1) is 0 Å². The summed E-state index contributed by atoms with van der Waals surface area (Å²) in [6.07, 6.45) is 6.24. The number of piperazine rings is 1. The van der Waals surface area contributed by atoms with Crippen LogP contribution in [0.5, 0.6) is 5.88 Å². The fourth-order valence-electron chi connectivity index (χ4n) is 3.84. The molecular formula is C21H25ClN4O2. The smallest absolute Gasteiger partial charge is 0.254 e. The van der Waals surface area contributed by atoms with Crippen LogP contribution >= 0.6 is 11.6 Å². The molecule has 1 aromatic heterocycles. The molecule has 28 heavy (non-hydrogen) atoms. The van der Waals surface area contributed by atoms with Crippen LogP contribution < -0.4 is 9.64 Å². The number of carbonyl (C=O) groups excluding carboxylic acids is 1. The van der Waals surface area contributed by atoms with E-state index < -0.39 is 0 Å². The molecule has 4 rings (SSSR count). The number of carbonyl (C=O) groups is 1. The number of amides is 1. The van der Waals surface area contributed by atoms with Crippen LogP contribution in [0.4, 0.5) is 5.82 Å². The molecule has 1 aromatic carbocycles. The first kappa shape index (κ1) is 19.0. The normalized spacial score (nSPS) is 18.2. The quantitative estimate of drug-likeness (QED) is 0.781. The molecule has 148 valence electrons. The number of nitrogens with zero attached hydrogens (tertiary/aromatic N) is 4. The van der Waals surface area contributed by atoms with Crippen molar-refractivity contribution in [2.45, 2.75) is 38.2 Å². The molecule has 2 aliphatic rings. The molecular weight excluding hydrogens is 376 g/mol. The van der Waals surface area contributed by atoms with Crippen molar-refractivity contribution in [2.24, 2.45) is 0 Å². The zero-order valence-corrected chi connectivity index (χ0v) is 16.6. The Balaban J connectivity index is 1.31. The molecule has 0 bridgehead atoms. The summed E-state index contributed by atoms with van der Waals surface area (Å²) in [6.45, 7) is 2.74. The van der Waals surface area contributed by atoms with Gasteiger partial charge in [-0.2, -0.15) is 0 Å². The van der Waals surface area contributed by atoms with Gasteiger partial charge in [0.25, 0.3) is 5.91 Å². The number of anilines is 1. The number of hydrogen-bond donors (Lipinski definition) is 0. The van der Waals surface area contributed by atoms with E-state index in [-0.39, 0.29) is 12.0 Å². The Kier molecular flexibility index (Phi) is 5.95.